The molecule has 0 radical (unpaired) electrons. The SMILES string of the molecule is c1ccc(-c2nc3cc4oc5c(ccc6c7ccccc7n(-c7cccc8c7sc7ccccc78)c65)c4cc3n2-c2ccccc2)cc1. The van der Waals surface area contributed by atoms with E-state index in [2.05, 4.69) is 155 Å². The fourth-order valence-corrected chi connectivity index (χ4v) is 8.84. The summed E-state index contributed by atoms with van der Waals surface area (Å²) >= 11 is 1.85. The fraction of sp³-hybridized carbons (Fsp3) is 0. The van der Waals surface area contributed by atoms with E-state index in [0.29, 0.717) is 0 Å². The van der Waals surface area contributed by atoms with Crippen molar-refractivity contribution in [1.29, 1.82) is 0 Å². The van der Waals surface area contributed by atoms with Crippen molar-refractivity contribution in [1.82, 2.24) is 14.1 Å². The number of nitrogens with zero attached hydrogens (tertiary/aromatic N) is 3. The van der Waals surface area contributed by atoms with Crippen molar-refractivity contribution < 1.29 is 4.42 Å². The van der Waals surface area contributed by atoms with Gasteiger partial charge < -0.3 is 8.98 Å². The van der Waals surface area contributed by atoms with Crippen LogP contribution in [0.2, 0.25) is 0 Å². The van der Waals surface area contributed by atoms with Crippen molar-refractivity contribution in [2.75, 3.05) is 0 Å². The van der Waals surface area contributed by atoms with Crippen LogP contribution in [0.15, 0.2) is 156 Å². The van der Waals surface area contributed by atoms with Gasteiger partial charge in [-0.2, -0.15) is 0 Å². The first-order chi connectivity index (χ1) is 23.8. The molecule has 0 atom stereocenters. The monoisotopic (exact) mass is 631 g/mol. The second-order valence-corrected chi connectivity index (χ2v) is 13.4. The van der Waals surface area contributed by atoms with Crippen molar-refractivity contribution >= 4 is 86.3 Å². The zero-order valence-corrected chi connectivity index (χ0v) is 26.4. The van der Waals surface area contributed by atoms with Gasteiger partial charge in [-0.05, 0) is 42.5 Å². The van der Waals surface area contributed by atoms with Crippen LogP contribution in [0.5, 0.6) is 0 Å². The summed E-state index contributed by atoms with van der Waals surface area (Å²) in [5.74, 6) is 0.910. The number of furan rings is 1. The summed E-state index contributed by atoms with van der Waals surface area (Å²) < 4.78 is 14.2. The van der Waals surface area contributed by atoms with Crippen molar-refractivity contribution in [3.8, 4) is 22.8 Å². The van der Waals surface area contributed by atoms with Gasteiger partial charge in [0.1, 0.15) is 11.4 Å². The predicted molar refractivity (Wildman–Crippen MR) is 201 cm³/mol. The molecule has 0 saturated heterocycles. The van der Waals surface area contributed by atoms with E-state index in [4.69, 9.17) is 9.40 Å². The minimum atomic E-state index is 0.833. The van der Waals surface area contributed by atoms with Gasteiger partial charge in [0, 0.05) is 54.3 Å². The minimum Gasteiger partial charge on any atom is -0.454 e. The highest BCUT2D eigenvalue weighted by Gasteiger charge is 2.23. The molecule has 4 heterocycles. The van der Waals surface area contributed by atoms with E-state index in [1.54, 1.807) is 0 Å². The Morgan fingerprint density at radius 1 is 0.521 bits per heavy atom. The molecule has 4 nitrogen and oxygen atoms in total. The number of thiophene rings is 1. The molecule has 0 unspecified atom stereocenters. The molecule has 0 saturated carbocycles. The van der Waals surface area contributed by atoms with Gasteiger partial charge in [-0.1, -0.05) is 103 Å². The van der Waals surface area contributed by atoms with E-state index in [1.165, 1.54) is 42.1 Å². The molecule has 224 valence electrons. The number of para-hydroxylation sites is 2. The lowest BCUT2D eigenvalue weighted by atomic mass is 10.1. The number of rotatable bonds is 3. The van der Waals surface area contributed by atoms with Gasteiger partial charge in [0.2, 0.25) is 0 Å². The van der Waals surface area contributed by atoms with E-state index in [0.717, 1.165) is 55.6 Å². The smallest absolute Gasteiger partial charge is 0.160 e. The lowest BCUT2D eigenvalue weighted by Crippen LogP contribution is -1.97. The van der Waals surface area contributed by atoms with Crippen molar-refractivity contribution in [2.45, 2.75) is 0 Å². The molecule has 0 spiro atoms. The van der Waals surface area contributed by atoms with Crippen molar-refractivity contribution in [3.05, 3.63) is 152 Å². The standard InChI is InChI=1S/C43H25N3OS/c1-3-12-26(13-4-1)43-44-34-25-38-33(24-37(34)45(43)27-14-5-2-6-15-27)31-23-22-30-28-16-7-9-19-35(28)46(40(30)41(31)47-38)36-20-11-18-32-29-17-8-10-21-39(29)48-42(32)36/h1-25H. The highest BCUT2D eigenvalue weighted by molar-refractivity contribution is 7.26. The zero-order valence-electron chi connectivity index (χ0n) is 25.6. The molecule has 0 aliphatic rings. The molecule has 48 heavy (non-hydrogen) atoms. The Labute approximate surface area is 278 Å². The number of aromatic nitrogens is 3. The van der Waals surface area contributed by atoms with Crippen LogP contribution in [0.3, 0.4) is 0 Å². The average molecular weight is 632 g/mol. The lowest BCUT2D eigenvalue weighted by Gasteiger charge is -2.09. The van der Waals surface area contributed by atoms with Crippen LogP contribution in [0.25, 0.3) is 97.7 Å². The Balaban J connectivity index is 1.25. The highest BCUT2D eigenvalue weighted by atomic mass is 32.1. The molecule has 5 heteroatoms. The Kier molecular flexibility index (Phi) is 5.23. The molecular formula is C43H25N3OS. The van der Waals surface area contributed by atoms with Gasteiger partial charge in [0.15, 0.2) is 5.58 Å². The first-order valence-electron chi connectivity index (χ1n) is 16.1. The molecule has 0 aliphatic heterocycles. The van der Waals surface area contributed by atoms with Gasteiger partial charge in [-0.25, -0.2) is 4.98 Å². The van der Waals surface area contributed by atoms with Crippen molar-refractivity contribution in [2.24, 2.45) is 0 Å². The van der Waals surface area contributed by atoms with Crippen LogP contribution in [0.1, 0.15) is 0 Å². The number of imidazole rings is 1. The molecule has 11 rings (SSSR count). The predicted octanol–water partition coefficient (Wildman–Crippen LogP) is 12.1. The Hall–Kier alpha value is -6.17. The number of fused-ring (bicyclic) bond motifs is 11. The van der Waals surface area contributed by atoms with Crippen LogP contribution in [0.4, 0.5) is 0 Å². The van der Waals surface area contributed by atoms with Gasteiger partial charge in [-0.3, -0.25) is 4.57 Å². The fourth-order valence-electron chi connectivity index (χ4n) is 7.63. The highest BCUT2D eigenvalue weighted by Crippen LogP contribution is 2.44. The third kappa shape index (κ3) is 3.51. The maximum atomic E-state index is 6.93. The summed E-state index contributed by atoms with van der Waals surface area (Å²) in [6, 6.07) is 53.8. The van der Waals surface area contributed by atoms with E-state index in [9.17, 15) is 0 Å². The summed E-state index contributed by atoms with van der Waals surface area (Å²) in [7, 11) is 0. The molecule has 11 aromatic rings. The minimum absolute atomic E-state index is 0.833. The summed E-state index contributed by atoms with van der Waals surface area (Å²) in [5, 5.41) is 7.13. The molecule has 0 amide bonds. The topological polar surface area (TPSA) is 35.9 Å². The molecule has 7 aromatic carbocycles. The number of benzene rings is 7. The summed E-state index contributed by atoms with van der Waals surface area (Å²) in [6.07, 6.45) is 0. The van der Waals surface area contributed by atoms with Crippen LogP contribution in [0, 0.1) is 0 Å². The molecule has 0 fully saturated rings. The van der Waals surface area contributed by atoms with E-state index in [1.807, 2.05) is 17.4 Å². The van der Waals surface area contributed by atoms with Gasteiger partial charge in [0.05, 0.1) is 32.5 Å². The van der Waals surface area contributed by atoms with Crippen LogP contribution < -0.4 is 0 Å². The second-order valence-electron chi connectivity index (χ2n) is 12.4. The van der Waals surface area contributed by atoms with Crippen LogP contribution in [-0.2, 0) is 0 Å². The largest absolute Gasteiger partial charge is 0.454 e. The van der Waals surface area contributed by atoms with Crippen LogP contribution in [-0.4, -0.2) is 14.1 Å². The molecule has 0 bridgehead atoms. The molecular weight excluding hydrogens is 607 g/mol. The van der Waals surface area contributed by atoms with E-state index < -0.39 is 0 Å². The van der Waals surface area contributed by atoms with Gasteiger partial charge in [-0.15, -0.1) is 11.3 Å². The third-order valence-electron chi connectivity index (χ3n) is 9.72. The van der Waals surface area contributed by atoms with E-state index >= 15 is 0 Å². The normalized spacial score (nSPS) is 12.2. The summed E-state index contributed by atoms with van der Waals surface area (Å²) in [4.78, 5) is 5.20. The zero-order chi connectivity index (χ0) is 31.3. The Morgan fingerprint density at radius 2 is 1.25 bits per heavy atom. The summed E-state index contributed by atoms with van der Waals surface area (Å²) in [6.45, 7) is 0. The van der Waals surface area contributed by atoms with Crippen molar-refractivity contribution in [3.63, 3.8) is 0 Å². The van der Waals surface area contributed by atoms with Gasteiger partial charge in [0.25, 0.3) is 0 Å². The first kappa shape index (κ1) is 26.0. The van der Waals surface area contributed by atoms with E-state index in [-0.39, 0.29) is 0 Å². The molecule has 4 aromatic heterocycles. The Morgan fingerprint density at radius 3 is 2.12 bits per heavy atom. The number of hydrogen-bond donors (Lipinski definition) is 0. The quantitative estimate of drug-likeness (QED) is 0.194. The number of hydrogen-bond acceptors (Lipinski definition) is 3. The Bertz CT molecular complexity index is 3050. The lowest BCUT2D eigenvalue weighted by molar-refractivity contribution is 0.671. The second kappa shape index (κ2) is 9.67. The average Bonchev–Trinajstić information content (AvgIpc) is 3.90. The molecule has 0 N–H and O–H groups in total. The maximum absolute atomic E-state index is 6.93. The maximum Gasteiger partial charge on any atom is 0.160 e. The molecule has 0 aliphatic carbocycles. The van der Waals surface area contributed by atoms with Gasteiger partial charge >= 0.3 is 0 Å². The third-order valence-corrected chi connectivity index (χ3v) is 10.9. The summed E-state index contributed by atoms with van der Waals surface area (Å²) in [5.41, 5.74) is 9.23. The first-order valence-corrected chi connectivity index (χ1v) is 17.0. The van der Waals surface area contributed by atoms with Crippen LogP contribution >= 0.6 is 11.3 Å².